The maximum atomic E-state index is 12.1. The molecule has 24 heavy (non-hydrogen) atoms. The normalized spacial score (nSPS) is 10.3. The number of para-hydroxylation sites is 1. The van der Waals surface area contributed by atoms with E-state index >= 15 is 0 Å². The Hall–Kier alpha value is -2.27. The first kappa shape index (κ1) is 18.1. The second kappa shape index (κ2) is 8.55. The highest BCUT2D eigenvalue weighted by atomic mass is 32.2. The van der Waals surface area contributed by atoms with Gasteiger partial charge >= 0.3 is 5.97 Å². The minimum absolute atomic E-state index is 0.305. The standard InChI is InChI=1S/C19H21NO3S/c1-4-14-7-5-6-13(2)18(14)20-17(21)12-23-19(22)15-8-10-16(24-3)11-9-15/h5-11H,4,12H2,1-3H3,(H,20,21). The number of nitrogens with one attached hydrogen (secondary N) is 1. The summed E-state index contributed by atoms with van der Waals surface area (Å²) in [6.07, 6.45) is 2.78. The summed E-state index contributed by atoms with van der Waals surface area (Å²) >= 11 is 1.60. The van der Waals surface area contributed by atoms with Gasteiger partial charge in [0, 0.05) is 10.6 Å². The van der Waals surface area contributed by atoms with Crippen molar-refractivity contribution in [3.8, 4) is 0 Å². The van der Waals surface area contributed by atoms with Crippen molar-refractivity contribution in [3.63, 3.8) is 0 Å². The highest BCUT2D eigenvalue weighted by molar-refractivity contribution is 7.98. The van der Waals surface area contributed by atoms with Crippen molar-refractivity contribution in [2.45, 2.75) is 25.2 Å². The quantitative estimate of drug-likeness (QED) is 0.634. The number of anilines is 1. The van der Waals surface area contributed by atoms with Crippen LogP contribution in [0.5, 0.6) is 0 Å². The zero-order valence-corrected chi connectivity index (χ0v) is 14.9. The van der Waals surface area contributed by atoms with Crippen LogP contribution >= 0.6 is 11.8 Å². The zero-order valence-electron chi connectivity index (χ0n) is 14.1. The molecule has 0 fully saturated rings. The van der Waals surface area contributed by atoms with E-state index in [0.717, 1.165) is 28.1 Å². The Bertz CT molecular complexity index is 726. The van der Waals surface area contributed by atoms with E-state index in [4.69, 9.17) is 4.74 Å². The number of carbonyl (C=O) groups is 2. The van der Waals surface area contributed by atoms with E-state index in [1.807, 2.05) is 50.4 Å². The largest absolute Gasteiger partial charge is 0.452 e. The molecule has 0 atom stereocenters. The van der Waals surface area contributed by atoms with E-state index in [-0.39, 0.29) is 12.5 Å². The molecule has 0 aromatic heterocycles. The second-order valence-corrected chi connectivity index (χ2v) is 6.20. The molecule has 2 aromatic carbocycles. The number of carbonyl (C=O) groups excluding carboxylic acids is 2. The number of hydrogen-bond acceptors (Lipinski definition) is 4. The van der Waals surface area contributed by atoms with Crippen LogP contribution in [-0.2, 0) is 16.0 Å². The molecule has 0 saturated carbocycles. The summed E-state index contributed by atoms with van der Waals surface area (Å²) < 4.78 is 5.09. The molecule has 0 aliphatic rings. The molecular formula is C19H21NO3S. The van der Waals surface area contributed by atoms with Crippen LogP contribution in [0, 0.1) is 6.92 Å². The molecule has 0 heterocycles. The van der Waals surface area contributed by atoms with Gasteiger partial charge in [-0.25, -0.2) is 4.79 Å². The average molecular weight is 343 g/mol. The van der Waals surface area contributed by atoms with E-state index in [1.54, 1.807) is 23.9 Å². The summed E-state index contributed by atoms with van der Waals surface area (Å²) in [5.41, 5.74) is 3.28. The van der Waals surface area contributed by atoms with Gasteiger partial charge in [0.2, 0.25) is 0 Å². The number of benzene rings is 2. The molecule has 0 saturated heterocycles. The molecule has 1 N–H and O–H groups in total. The molecule has 0 spiro atoms. The van der Waals surface area contributed by atoms with Gasteiger partial charge in [0.25, 0.3) is 5.91 Å². The highest BCUT2D eigenvalue weighted by Gasteiger charge is 2.12. The molecule has 0 aliphatic carbocycles. The molecule has 0 bridgehead atoms. The lowest BCUT2D eigenvalue weighted by atomic mass is 10.1. The summed E-state index contributed by atoms with van der Waals surface area (Å²) in [7, 11) is 0. The fourth-order valence-electron chi connectivity index (χ4n) is 2.32. The van der Waals surface area contributed by atoms with Crippen molar-refractivity contribution in [2.75, 3.05) is 18.2 Å². The van der Waals surface area contributed by atoms with Crippen molar-refractivity contribution in [1.29, 1.82) is 0 Å². The van der Waals surface area contributed by atoms with Gasteiger partial charge in [-0.15, -0.1) is 11.8 Å². The van der Waals surface area contributed by atoms with Gasteiger partial charge in [0.1, 0.15) is 0 Å². The molecule has 4 nitrogen and oxygen atoms in total. The maximum absolute atomic E-state index is 12.1. The van der Waals surface area contributed by atoms with Gasteiger partial charge in [0.05, 0.1) is 5.56 Å². The molecule has 2 rings (SSSR count). The van der Waals surface area contributed by atoms with Crippen molar-refractivity contribution in [2.24, 2.45) is 0 Å². The predicted molar refractivity (Wildman–Crippen MR) is 97.7 cm³/mol. The van der Waals surface area contributed by atoms with Gasteiger partial charge in [0.15, 0.2) is 6.61 Å². The topological polar surface area (TPSA) is 55.4 Å². The smallest absolute Gasteiger partial charge is 0.338 e. The van der Waals surface area contributed by atoms with Gasteiger partial charge < -0.3 is 10.1 Å². The van der Waals surface area contributed by atoms with Crippen LogP contribution in [0.25, 0.3) is 0 Å². The lowest BCUT2D eigenvalue weighted by Crippen LogP contribution is -2.22. The van der Waals surface area contributed by atoms with E-state index < -0.39 is 5.97 Å². The summed E-state index contributed by atoms with van der Waals surface area (Å²) in [5.74, 6) is -0.841. The lowest BCUT2D eigenvalue weighted by molar-refractivity contribution is -0.119. The Morgan fingerprint density at radius 2 is 1.83 bits per heavy atom. The minimum atomic E-state index is -0.502. The van der Waals surface area contributed by atoms with Gasteiger partial charge in [-0.2, -0.15) is 0 Å². The van der Waals surface area contributed by atoms with Crippen molar-refractivity contribution >= 4 is 29.3 Å². The highest BCUT2D eigenvalue weighted by Crippen LogP contribution is 2.21. The van der Waals surface area contributed by atoms with Crippen molar-refractivity contribution < 1.29 is 14.3 Å². The Balaban J connectivity index is 1.94. The van der Waals surface area contributed by atoms with Gasteiger partial charge in [-0.1, -0.05) is 25.1 Å². The fraction of sp³-hybridized carbons (Fsp3) is 0.263. The van der Waals surface area contributed by atoms with Crippen LogP contribution in [0.4, 0.5) is 5.69 Å². The molecule has 0 radical (unpaired) electrons. The maximum Gasteiger partial charge on any atom is 0.338 e. The van der Waals surface area contributed by atoms with Crippen LogP contribution in [0.1, 0.15) is 28.4 Å². The summed E-state index contributed by atoms with van der Waals surface area (Å²) in [4.78, 5) is 25.1. The first-order chi connectivity index (χ1) is 11.5. The number of amides is 1. The third-order valence-electron chi connectivity index (χ3n) is 3.66. The second-order valence-electron chi connectivity index (χ2n) is 5.32. The number of aryl methyl sites for hydroxylation is 2. The Morgan fingerprint density at radius 1 is 1.12 bits per heavy atom. The SMILES string of the molecule is CCc1cccc(C)c1NC(=O)COC(=O)c1ccc(SC)cc1. The molecule has 2 aromatic rings. The third kappa shape index (κ3) is 4.61. The Kier molecular flexibility index (Phi) is 6.44. The summed E-state index contributed by atoms with van der Waals surface area (Å²) in [6, 6.07) is 13.0. The van der Waals surface area contributed by atoms with Crippen LogP contribution in [0.15, 0.2) is 47.4 Å². The van der Waals surface area contributed by atoms with E-state index in [2.05, 4.69) is 5.32 Å². The summed E-state index contributed by atoms with van der Waals surface area (Å²) in [5, 5.41) is 2.84. The van der Waals surface area contributed by atoms with Crippen LogP contribution in [0.3, 0.4) is 0 Å². The molecule has 0 aliphatic heterocycles. The summed E-state index contributed by atoms with van der Waals surface area (Å²) in [6.45, 7) is 3.66. The molecule has 1 amide bonds. The first-order valence-corrected chi connectivity index (χ1v) is 8.97. The van der Waals surface area contributed by atoms with Crippen LogP contribution in [-0.4, -0.2) is 24.7 Å². The number of rotatable bonds is 6. The number of hydrogen-bond donors (Lipinski definition) is 1. The van der Waals surface area contributed by atoms with Gasteiger partial charge in [-0.05, 0) is 55.0 Å². The first-order valence-electron chi connectivity index (χ1n) is 7.74. The lowest BCUT2D eigenvalue weighted by Gasteiger charge is -2.13. The molecular weight excluding hydrogens is 322 g/mol. The van der Waals surface area contributed by atoms with E-state index in [9.17, 15) is 9.59 Å². The third-order valence-corrected chi connectivity index (χ3v) is 4.41. The predicted octanol–water partition coefficient (Wildman–Crippen LogP) is 4.07. The number of esters is 1. The Labute approximate surface area is 146 Å². The van der Waals surface area contributed by atoms with Crippen LogP contribution in [0.2, 0.25) is 0 Å². The van der Waals surface area contributed by atoms with Crippen LogP contribution < -0.4 is 5.32 Å². The molecule has 126 valence electrons. The Morgan fingerprint density at radius 3 is 2.46 bits per heavy atom. The monoisotopic (exact) mass is 343 g/mol. The van der Waals surface area contributed by atoms with E-state index in [0.29, 0.717) is 5.56 Å². The van der Waals surface area contributed by atoms with E-state index in [1.165, 1.54) is 0 Å². The number of thioether (sulfide) groups is 1. The zero-order chi connectivity index (χ0) is 17.5. The molecule has 0 unspecified atom stereocenters. The van der Waals surface area contributed by atoms with Gasteiger partial charge in [-0.3, -0.25) is 4.79 Å². The average Bonchev–Trinajstić information content (AvgIpc) is 2.61. The molecule has 5 heteroatoms. The minimum Gasteiger partial charge on any atom is -0.452 e. The fourth-order valence-corrected chi connectivity index (χ4v) is 2.73. The van der Waals surface area contributed by atoms with Crippen molar-refractivity contribution in [3.05, 3.63) is 59.2 Å². The van der Waals surface area contributed by atoms with Crippen molar-refractivity contribution in [1.82, 2.24) is 0 Å². The number of ether oxygens (including phenoxy) is 1.